The zero-order valence-corrected chi connectivity index (χ0v) is 12.7. The highest BCUT2D eigenvalue weighted by Gasteiger charge is 2.17. The molecule has 0 amide bonds. The quantitative estimate of drug-likeness (QED) is 0.917. The summed E-state index contributed by atoms with van der Waals surface area (Å²) in [4.78, 5) is 0. The van der Waals surface area contributed by atoms with Crippen molar-refractivity contribution in [3.8, 4) is 0 Å². The third kappa shape index (κ3) is 2.64. The molecule has 2 aromatic carbocycles. The van der Waals surface area contributed by atoms with Gasteiger partial charge in [-0.3, -0.25) is 0 Å². The van der Waals surface area contributed by atoms with Crippen LogP contribution >= 0.6 is 15.9 Å². The van der Waals surface area contributed by atoms with Crippen molar-refractivity contribution in [2.75, 3.05) is 7.05 Å². The maximum atomic E-state index is 13.6. The molecule has 1 unspecified atom stereocenters. The first kappa shape index (κ1) is 13.7. The van der Waals surface area contributed by atoms with Gasteiger partial charge in [0.2, 0.25) is 0 Å². The molecule has 0 aromatic heterocycles. The molecular weight excluding hydrogens is 321 g/mol. The summed E-state index contributed by atoms with van der Waals surface area (Å²) in [7, 11) is 1.88. The van der Waals surface area contributed by atoms with Crippen LogP contribution in [-0.2, 0) is 18.0 Å². The highest BCUT2D eigenvalue weighted by Crippen LogP contribution is 2.29. The molecule has 1 aliphatic rings. The Balaban J connectivity index is 2.01. The Morgan fingerprint density at radius 1 is 1.10 bits per heavy atom. The van der Waals surface area contributed by atoms with Gasteiger partial charge in [-0.1, -0.05) is 34.1 Å². The van der Waals surface area contributed by atoms with Crippen LogP contribution in [0.3, 0.4) is 0 Å². The van der Waals surface area contributed by atoms with E-state index >= 15 is 0 Å². The van der Waals surface area contributed by atoms with E-state index in [9.17, 15) is 4.39 Å². The Morgan fingerprint density at radius 2 is 1.90 bits per heavy atom. The second-order valence-electron chi connectivity index (χ2n) is 4.95. The molecule has 2 aromatic rings. The first-order chi connectivity index (χ1) is 9.67. The molecule has 0 saturated carbocycles. The lowest BCUT2D eigenvalue weighted by atomic mass is 9.96. The molecule has 1 N–H and O–H groups in total. The van der Waals surface area contributed by atoms with E-state index in [1.807, 2.05) is 13.1 Å². The normalized spacial score (nSPS) is 15.2. The van der Waals surface area contributed by atoms with Crippen LogP contribution in [0.4, 0.5) is 4.39 Å². The number of benzene rings is 2. The van der Waals surface area contributed by atoms with Gasteiger partial charge < -0.3 is 10.1 Å². The smallest absolute Gasteiger partial charge is 0.124 e. The molecule has 0 bridgehead atoms. The fourth-order valence-corrected chi connectivity index (χ4v) is 3.12. The van der Waals surface area contributed by atoms with E-state index in [0.717, 1.165) is 15.6 Å². The molecule has 0 saturated heterocycles. The van der Waals surface area contributed by atoms with Gasteiger partial charge in [-0.2, -0.15) is 0 Å². The minimum Gasteiger partial charge on any atom is -0.372 e. The van der Waals surface area contributed by atoms with Crippen LogP contribution in [0.2, 0.25) is 0 Å². The van der Waals surface area contributed by atoms with Crippen LogP contribution < -0.4 is 5.32 Å². The molecule has 0 radical (unpaired) electrons. The van der Waals surface area contributed by atoms with Crippen LogP contribution in [0.5, 0.6) is 0 Å². The monoisotopic (exact) mass is 335 g/mol. The zero-order valence-electron chi connectivity index (χ0n) is 11.1. The Morgan fingerprint density at radius 3 is 2.65 bits per heavy atom. The Bertz CT molecular complexity index is 624. The minimum absolute atomic E-state index is 0.0344. The van der Waals surface area contributed by atoms with Crippen molar-refractivity contribution in [1.29, 1.82) is 0 Å². The van der Waals surface area contributed by atoms with Gasteiger partial charge >= 0.3 is 0 Å². The van der Waals surface area contributed by atoms with Gasteiger partial charge in [0.15, 0.2) is 0 Å². The number of rotatable bonds is 3. The van der Waals surface area contributed by atoms with Crippen molar-refractivity contribution in [1.82, 2.24) is 5.32 Å². The van der Waals surface area contributed by atoms with Gasteiger partial charge in [-0.05, 0) is 47.5 Å². The lowest BCUT2D eigenvalue weighted by Gasteiger charge is -2.18. The molecule has 0 aliphatic carbocycles. The summed E-state index contributed by atoms with van der Waals surface area (Å²) in [6.07, 6.45) is 0. The Kier molecular flexibility index (Phi) is 3.87. The highest BCUT2D eigenvalue weighted by molar-refractivity contribution is 9.10. The fraction of sp³-hybridized carbons (Fsp3) is 0.250. The van der Waals surface area contributed by atoms with E-state index < -0.39 is 0 Å². The summed E-state index contributed by atoms with van der Waals surface area (Å²) in [5.41, 5.74) is 4.48. The summed E-state index contributed by atoms with van der Waals surface area (Å²) >= 11 is 3.34. The predicted molar refractivity (Wildman–Crippen MR) is 79.9 cm³/mol. The van der Waals surface area contributed by atoms with Gasteiger partial charge in [0, 0.05) is 4.47 Å². The fourth-order valence-electron chi connectivity index (χ4n) is 2.64. The van der Waals surface area contributed by atoms with Crippen LogP contribution in [-0.4, -0.2) is 7.05 Å². The van der Waals surface area contributed by atoms with E-state index in [4.69, 9.17) is 4.74 Å². The Labute approximate surface area is 126 Å². The largest absolute Gasteiger partial charge is 0.372 e. The van der Waals surface area contributed by atoms with E-state index in [1.54, 1.807) is 6.07 Å². The average Bonchev–Trinajstić information content (AvgIpc) is 2.86. The van der Waals surface area contributed by atoms with Crippen molar-refractivity contribution in [3.05, 3.63) is 68.9 Å². The molecule has 1 aliphatic heterocycles. The average molecular weight is 336 g/mol. The lowest BCUT2D eigenvalue weighted by Crippen LogP contribution is -2.18. The van der Waals surface area contributed by atoms with E-state index in [1.165, 1.54) is 17.2 Å². The van der Waals surface area contributed by atoms with Crippen LogP contribution in [0.1, 0.15) is 28.3 Å². The number of hydrogen-bond acceptors (Lipinski definition) is 2. The lowest BCUT2D eigenvalue weighted by molar-refractivity contribution is 0.134. The van der Waals surface area contributed by atoms with Crippen molar-refractivity contribution >= 4 is 15.9 Å². The molecule has 4 heteroatoms. The van der Waals surface area contributed by atoms with Gasteiger partial charge in [-0.25, -0.2) is 4.39 Å². The molecule has 20 heavy (non-hydrogen) atoms. The summed E-state index contributed by atoms with van der Waals surface area (Å²) in [6, 6.07) is 11.2. The van der Waals surface area contributed by atoms with Crippen molar-refractivity contribution in [2.45, 2.75) is 19.3 Å². The number of ether oxygens (including phenoxy) is 1. The van der Waals surface area contributed by atoms with E-state index in [2.05, 4.69) is 39.4 Å². The van der Waals surface area contributed by atoms with Gasteiger partial charge in [0.1, 0.15) is 5.82 Å². The van der Waals surface area contributed by atoms with Crippen LogP contribution in [0.15, 0.2) is 40.9 Å². The van der Waals surface area contributed by atoms with Gasteiger partial charge in [-0.15, -0.1) is 0 Å². The summed E-state index contributed by atoms with van der Waals surface area (Å²) in [5, 5.41) is 3.25. The Hall–Kier alpha value is -1.23. The molecule has 3 rings (SSSR count). The number of nitrogens with one attached hydrogen (secondary N) is 1. The number of hydrogen-bond donors (Lipinski definition) is 1. The topological polar surface area (TPSA) is 21.3 Å². The van der Waals surface area contributed by atoms with Crippen LogP contribution in [0, 0.1) is 5.82 Å². The van der Waals surface area contributed by atoms with Gasteiger partial charge in [0.05, 0.1) is 19.3 Å². The van der Waals surface area contributed by atoms with Crippen molar-refractivity contribution < 1.29 is 9.13 Å². The molecule has 1 heterocycles. The second-order valence-corrected chi connectivity index (χ2v) is 5.86. The maximum absolute atomic E-state index is 13.6. The number of fused-ring (bicyclic) bond motifs is 1. The van der Waals surface area contributed by atoms with E-state index in [-0.39, 0.29) is 11.9 Å². The third-order valence-electron chi connectivity index (χ3n) is 3.59. The summed E-state index contributed by atoms with van der Waals surface area (Å²) in [6.45, 7) is 1.35. The van der Waals surface area contributed by atoms with Crippen molar-refractivity contribution in [3.63, 3.8) is 0 Å². The van der Waals surface area contributed by atoms with Gasteiger partial charge in [0.25, 0.3) is 0 Å². The molecule has 0 fully saturated rings. The molecular formula is C16H15BrFNO. The third-order valence-corrected chi connectivity index (χ3v) is 4.04. The van der Waals surface area contributed by atoms with E-state index in [0.29, 0.717) is 13.2 Å². The molecule has 0 spiro atoms. The summed E-state index contributed by atoms with van der Waals surface area (Å²) in [5.74, 6) is -0.237. The van der Waals surface area contributed by atoms with Crippen molar-refractivity contribution in [2.24, 2.45) is 0 Å². The standard InChI is InChI=1S/C16H15BrFNO/c1-19-16(12-5-14(17)7-15(18)6-12)10-2-3-11-8-20-9-13(11)4-10/h2-7,16,19H,8-9H2,1H3. The first-order valence-electron chi connectivity index (χ1n) is 6.50. The minimum atomic E-state index is -0.237. The van der Waals surface area contributed by atoms with Crippen LogP contribution in [0.25, 0.3) is 0 Å². The molecule has 1 atom stereocenters. The second kappa shape index (κ2) is 5.64. The SMILES string of the molecule is CNC(c1cc(F)cc(Br)c1)c1ccc2c(c1)COC2. The molecule has 2 nitrogen and oxygen atoms in total. The molecule has 104 valence electrons. The summed E-state index contributed by atoms with van der Waals surface area (Å²) < 4.78 is 19.8. The zero-order chi connectivity index (χ0) is 14.1. The highest BCUT2D eigenvalue weighted by atomic mass is 79.9. The maximum Gasteiger partial charge on any atom is 0.124 e. The predicted octanol–water partition coefficient (Wildman–Crippen LogP) is 3.93. The number of halogens is 2. The first-order valence-corrected chi connectivity index (χ1v) is 7.29.